The number of hydrogen-bond acceptors (Lipinski definition) is 3. The van der Waals surface area contributed by atoms with Crippen LogP contribution in [0.1, 0.15) is 12.8 Å². The van der Waals surface area contributed by atoms with Gasteiger partial charge >= 0.3 is 5.69 Å². The number of amides is 1. The summed E-state index contributed by atoms with van der Waals surface area (Å²) in [6, 6.07) is 0. The van der Waals surface area contributed by atoms with E-state index in [9.17, 15) is 14.4 Å². The number of hydrogen-bond donors (Lipinski definition) is 2. The molecule has 1 aliphatic carbocycles. The molecule has 2 rings (SSSR count). The summed E-state index contributed by atoms with van der Waals surface area (Å²) in [4.78, 5) is 36.1. The third kappa shape index (κ3) is 3.29. The monoisotopic (exact) mass is 301 g/mol. The second-order valence-electron chi connectivity index (χ2n) is 4.11. The Morgan fingerprint density at radius 1 is 1.53 bits per heavy atom. The lowest BCUT2D eigenvalue weighted by Gasteiger charge is -2.06. The third-order valence-corrected chi connectivity index (χ3v) is 3.13. The molecule has 1 aliphatic rings. The molecule has 0 atom stereocenters. The summed E-state index contributed by atoms with van der Waals surface area (Å²) < 4.78 is 1.39. The van der Waals surface area contributed by atoms with Crippen LogP contribution in [-0.4, -0.2) is 22.0 Å². The summed E-state index contributed by atoms with van der Waals surface area (Å²) in [7, 11) is 0. The fourth-order valence-electron chi connectivity index (χ4n) is 1.39. The zero-order valence-electron chi connectivity index (χ0n) is 9.03. The first-order chi connectivity index (χ1) is 8.06. The van der Waals surface area contributed by atoms with E-state index >= 15 is 0 Å². The Hall–Kier alpha value is -1.37. The molecule has 1 aromatic rings. The van der Waals surface area contributed by atoms with Crippen LogP contribution in [0.3, 0.4) is 0 Å². The van der Waals surface area contributed by atoms with Crippen LogP contribution >= 0.6 is 15.9 Å². The van der Waals surface area contributed by atoms with Gasteiger partial charge in [-0.2, -0.15) is 0 Å². The van der Waals surface area contributed by atoms with Gasteiger partial charge in [-0.25, -0.2) is 4.79 Å². The predicted octanol–water partition coefficient (Wildman–Crippen LogP) is -0.175. The molecule has 2 N–H and O–H groups in total. The summed E-state index contributed by atoms with van der Waals surface area (Å²) in [6.45, 7) is 0.582. The summed E-state index contributed by atoms with van der Waals surface area (Å²) in [5.41, 5.74) is -1.08. The van der Waals surface area contributed by atoms with E-state index in [1.807, 2.05) is 0 Å². The predicted molar refractivity (Wildman–Crippen MR) is 64.8 cm³/mol. The lowest BCUT2D eigenvalue weighted by atomic mass is 10.4. The van der Waals surface area contributed by atoms with E-state index in [1.54, 1.807) is 0 Å². The molecule has 17 heavy (non-hydrogen) atoms. The molecule has 0 saturated heterocycles. The van der Waals surface area contributed by atoms with Gasteiger partial charge in [-0.1, -0.05) is 0 Å². The second kappa shape index (κ2) is 4.87. The van der Waals surface area contributed by atoms with Crippen LogP contribution in [0.25, 0.3) is 0 Å². The molecule has 1 saturated carbocycles. The topological polar surface area (TPSA) is 84.0 Å². The number of carbonyl (C=O) groups is 1. The van der Waals surface area contributed by atoms with Crippen LogP contribution in [0.5, 0.6) is 0 Å². The molecule has 1 aromatic heterocycles. The number of nitrogens with zero attached hydrogens (tertiary/aromatic N) is 1. The Balaban J connectivity index is 2.01. The zero-order valence-corrected chi connectivity index (χ0v) is 10.6. The van der Waals surface area contributed by atoms with Gasteiger partial charge in [0.2, 0.25) is 5.91 Å². The molecular weight excluding hydrogens is 290 g/mol. The molecule has 1 fully saturated rings. The van der Waals surface area contributed by atoms with Crippen LogP contribution in [-0.2, 0) is 11.3 Å². The summed E-state index contributed by atoms with van der Waals surface area (Å²) in [6.07, 6.45) is 3.63. The minimum absolute atomic E-state index is 0.0824. The summed E-state index contributed by atoms with van der Waals surface area (Å²) >= 11 is 3.01. The second-order valence-corrected chi connectivity index (χ2v) is 4.97. The molecule has 0 radical (unpaired) electrons. The molecule has 1 heterocycles. The van der Waals surface area contributed by atoms with Gasteiger partial charge in [-0.15, -0.1) is 0 Å². The highest BCUT2D eigenvalue weighted by Crippen LogP contribution is 2.27. The Morgan fingerprint density at radius 3 is 2.88 bits per heavy atom. The molecule has 0 aliphatic heterocycles. The van der Waals surface area contributed by atoms with Gasteiger partial charge in [0, 0.05) is 12.7 Å². The quantitative estimate of drug-likeness (QED) is 0.809. The third-order valence-electron chi connectivity index (χ3n) is 2.57. The molecule has 7 heteroatoms. The smallest absolute Gasteiger partial charge is 0.328 e. The highest BCUT2D eigenvalue weighted by Gasteiger charge is 2.21. The SMILES string of the molecule is O=C(Cn1cc(Br)c(=O)[nH]c1=O)NCC1CC1. The van der Waals surface area contributed by atoms with Crippen molar-refractivity contribution in [1.29, 1.82) is 0 Å². The van der Waals surface area contributed by atoms with Crippen LogP contribution in [0, 0.1) is 5.92 Å². The van der Waals surface area contributed by atoms with Crippen molar-refractivity contribution in [1.82, 2.24) is 14.9 Å². The number of rotatable bonds is 4. The van der Waals surface area contributed by atoms with Crippen molar-refractivity contribution in [3.8, 4) is 0 Å². The van der Waals surface area contributed by atoms with Crippen molar-refractivity contribution in [3.63, 3.8) is 0 Å². The fourth-order valence-corrected chi connectivity index (χ4v) is 1.74. The van der Waals surface area contributed by atoms with E-state index in [2.05, 4.69) is 26.2 Å². The Labute approximate surface area is 105 Å². The van der Waals surface area contributed by atoms with Crippen LogP contribution < -0.4 is 16.6 Å². The van der Waals surface area contributed by atoms with Crippen molar-refractivity contribution in [2.45, 2.75) is 19.4 Å². The largest absolute Gasteiger partial charge is 0.354 e. The van der Waals surface area contributed by atoms with E-state index in [-0.39, 0.29) is 16.9 Å². The van der Waals surface area contributed by atoms with Crippen molar-refractivity contribution < 1.29 is 4.79 Å². The number of halogens is 1. The maximum Gasteiger partial charge on any atom is 0.328 e. The van der Waals surface area contributed by atoms with E-state index in [1.165, 1.54) is 6.20 Å². The van der Waals surface area contributed by atoms with Gasteiger partial charge in [-0.05, 0) is 34.7 Å². The Bertz CT molecular complexity index is 544. The maximum absolute atomic E-state index is 11.5. The number of aromatic nitrogens is 2. The van der Waals surface area contributed by atoms with Crippen LogP contribution in [0.4, 0.5) is 0 Å². The Morgan fingerprint density at radius 2 is 2.24 bits per heavy atom. The summed E-state index contributed by atoms with van der Waals surface area (Å²) in [5.74, 6) is 0.371. The van der Waals surface area contributed by atoms with Crippen molar-refractivity contribution >= 4 is 21.8 Å². The van der Waals surface area contributed by atoms with Crippen LogP contribution in [0.2, 0.25) is 0 Å². The molecule has 0 unspecified atom stereocenters. The molecule has 1 amide bonds. The minimum atomic E-state index is -0.584. The van der Waals surface area contributed by atoms with Gasteiger partial charge in [-0.3, -0.25) is 19.1 Å². The molecule has 0 aromatic carbocycles. The highest BCUT2D eigenvalue weighted by atomic mass is 79.9. The Kier molecular flexibility index (Phi) is 3.46. The van der Waals surface area contributed by atoms with Crippen molar-refractivity contribution in [2.75, 3.05) is 6.54 Å². The van der Waals surface area contributed by atoms with Gasteiger partial charge in [0.25, 0.3) is 5.56 Å². The van der Waals surface area contributed by atoms with E-state index in [0.717, 1.165) is 17.4 Å². The first-order valence-corrected chi connectivity index (χ1v) is 6.11. The summed E-state index contributed by atoms with van der Waals surface area (Å²) in [5, 5.41) is 2.75. The van der Waals surface area contributed by atoms with E-state index < -0.39 is 11.2 Å². The van der Waals surface area contributed by atoms with Gasteiger partial charge in [0.15, 0.2) is 0 Å². The number of carbonyl (C=O) groups excluding carboxylic acids is 1. The van der Waals surface area contributed by atoms with Crippen molar-refractivity contribution in [3.05, 3.63) is 31.5 Å². The standard InChI is InChI=1S/C10H12BrN3O3/c11-7-4-14(10(17)13-9(7)16)5-8(15)12-3-6-1-2-6/h4,6H,1-3,5H2,(H,12,15)(H,13,16,17). The van der Waals surface area contributed by atoms with Crippen molar-refractivity contribution in [2.24, 2.45) is 5.92 Å². The van der Waals surface area contributed by atoms with Gasteiger partial charge in [0.05, 0.1) is 4.47 Å². The number of nitrogens with one attached hydrogen (secondary N) is 2. The maximum atomic E-state index is 11.5. The molecule has 92 valence electrons. The zero-order chi connectivity index (χ0) is 12.4. The molecule has 0 bridgehead atoms. The molecule has 0 spiro atoms. The molecule has 6 nitrogen and oxygen atoms in total. The van der Waals surface area contributed by atoms with Crippen LogP contribution in [0.15, 0.2) is 20.3 Å². The lowest BCUT2D eigenvalue weighted by Crippen LogP contribution is -2.36. The minimum Gasteiger partial charge on any atom is -0.354 e. The average molecular weight is 302 g/mol. The number of aromatic amines is 1. The lowest BCUT2D eigenvalue weighted by molar-refractivity contribution is -0.121. The van der Waals surface area contributed by atoms with E-state index in [0.29, 0.717) is 12.5 Å². The average Bonchev–Trinajstić information content (AvgIpc) is 3.07. The van der Waals surface area contributed by atoms with Gasteiger partial charge < -0.3 is 5.32 Å². The highest BCUT2D eigenvalue weighted by molar-refractivity contribution is 9.10. The number of H-pyrrole nitrogens is 1. The molecular formula is C10H12BrN3O3. The van der Waals surface area contributed by atoms with E-state index in [4.69, 9.17) is 0 Å². The van der Waals surface area contributed by atoms with Gasteiger partial charge in [0.1, 0.15) is 6.54 Å². The normalized spacial score (nSPS) is 14.6. The first kappa shape index (κ1) is 12.1. The fraction of sp³-hybridized carbons (Fsp3) is 0.500. The first-order valence-electron chi connectivity index (χ1n) is 5.32.